The van der Waals surface area contributed by atoms with Gasteiger partial charge in [-0.05, 0) is 42.9 Å². The van der Waals surface area contributed by atoms with Crippen LogP contribution in [0.1, 0.15) is 18.4 Å². The van der Waals surface area contributed by atoms with Crippen molar-refractivity contribution in [2.75, 3.05) is 13.2 Å². The second-order valence-corrected chi connectivity index (χ2v) is 5.52. The molecule has 1 aliphatic heterocycles. The fourth-order valence-corrected chi connectivity index (χ4v) is 2.69. The topological polar surface area (TPSA) is 47.3 Å². The van der Waals surface area contributed by atoms with E-state index < -0.39 is 0 Å². The van der Waals surface area contributed by atoms with Gasteiger partial charge in [0.15, 0.2) is 0 Å². The van der Waals surface area contributed by atoms with Gasteiger partial charge in [-0.15, -0.1) is 0 Å². The summed E-state index contributed by atoms with van der Waals surface area (Å²) in [7, 11) is 0. The van der Waals surface area contributed by atoms with Crippen molar-refractivity contribution in [2.45, 2.75) is 25.3 Å². The van der Waals surface area contributed by atoms with Gasteiger partial charge >= 0.3 is 0 Å². The summed E-state index contributed by atoms with van der Waals surface area (Å²) >= 11 is 11.9. The third kappa shape index (κ3) is 3.59. The molecule has 18 heavy (non-hydrogen) atoms. The van der Waals surface area contributed by atoms with Gasteiger partial charge < -0.3 is 4.74 Å². The van der Waals surface area contributed by atoms with Crippen LogP contribution < -0.4 is 11.3 Å². The molecule has 0 radical (unpaired) electrons. The number of rotatable bonds is 4. The van der Waals surface area contributed by atoms with Crippen LogP contribution in [-0.2, 0) is 11.2 Å². The van der Waals surface area contributed by atoms with E-state index in [0.717, 1.165) is 38.0 Å². The first-order chi connectivity index (χ1) is 8.70. The lowest BCUT2D eigenvalue weighted by Gasteiger charge is -2.29. The van der Waals surface area contributed by atoms with Crippen LogP contribution in [0.15, 0.2) is 18.2 Å². The van der Waals surface area contributed by atoms with E-state index in [2.05, 4.69) is 5.43 Å². The molecule has 1 aromatic rings. The van der Waals surface area contributed by atoms with E-state index in [-0.39, 0.29) is 6.04 Å². The number of hydrazine groups is 1. The van der Waals surface area contributed by atoms with Crippen LogP contribution in [0.2, 0.25) is 10.0 Å². The standard InChI is InChI=1S/C13H18Cl2N2O/c14-11-4-3-9(6-12(11)15)7-13(17-16)10-2-1-5-18-8-10/h3-4,6,10,13,17H,1-2,5,7-8,16H2. The Kier molecular flexibility index (Phi) is 5.27. The van der Waals surface area contributed by atoms with Gasteiger partial charge in [-0.3, -0.25) is 11.3 Å². The largest absolute Gasteiger partial charge is 0.381 e. The number of hydrogen-bond donors (Lipinski definition) is 2. The Morgan fingerprint density at radius 2 is 2.22 bits per heavy atom. The Bertz CT molecular complexity index is 395. The summed E-state index contributed by atoms with van der Waals surface area (Å²) in [4.78, 5) is 0. The van der Waals surface area contributed by atoms with Crippen molar-refractivity contribution < 1.29 is 4.74 Å². The molecule has 5 heteroatoms. The molecule has 0 saturated carbocycles. The molecule has 1 aliphatic rings. The minimum atomic E-state index is 0.211. The van der Waals surface area contributed by atoms with Crippen LogP contribution in [0.5, 0.6) is 0 Å². The van der Waals surface area contributed by atoms with E-state index in [0.29, 0.717) is 16.0 Å². The molecule has 0 aromatic heterocycles. The Hall–Kier alpha value is -0.320. The first-order valence-electron chi connectivity index (χ1n) is 6.18. The van der Waals surface area contributed by atoms with Crippen molar-refractivity contribution >= 4 is 23.2 Å². The van der Waals surface area contributed by atoms with Crippen LogP contribution in [0.3, 0.4) is 0 Å². The van der Waals surface area contributed by atoms with Gasteiger partial charge in [0.1, 0.15) is 0 Å². The molecule has 2 rings (SSSR count). The Morgan fingerprint density at radius 1 is 1.39 bits per heavy atom. The lowest BCUT2D eigenvalue weighted by Crippen LogP contribution is -2.45. The zero-order valence-corrected chi connectivity index (χ0v) is 11.7. The lowest BCUT2D eigenvalue weighted by atomic mass is 9.90. The Balaban J connectivity index is 2.02. The van der Waals surface area contributed by atoms with Crippen molar-refractivity contribution in [1.29, 1.82) is 0 Å². The van der Waals surface area contributed by atoms with Gasteiger partial charge in [0.05, 0.1) is 16.7 Å². The minimum Gasteiger partial charge on any atom is -0.381 e. The minimum absolute atomic E-state index is 0.211. The summed E-state index contributed by atoms with van der Waals surface area (Å²) in [6, 6.07) is 5.92. The zero-order chi connectivity index (χ0) is 13.0. The number of nitrogens with two attached hydrogens (primary N) is 1. The quantitative estimate of drug-likeness (QED) is 0.662. The first kappa shape index (κ1) is 14.1. The molecule has 2 unspecified atom stereocenters. The molecule has 2 atom stereocenters. The number of hydrogen-bond acceptors (Lipinski definition) is 3. The SMILES string of the molecule is NNC(Cc1ccc(Cl)c(Cl)c1)C1CCCOC1. The molecule has 3 nitrogen and oxygen atoms in total. The second kappa shape index (κ2) is 6.73. The summed E-state index contributed by atoms with van der Waals surface area (Å²) in [5.74, 6) is 6.11. The number of nitrogens with one attached hydrogen (secondary N) is 1. The van der Waals surface area contributed by atoms with Crippen LogP contribution in [-0.4, -0.2) is 19.3 Å². The van der Waals surface area contributed by atoms with Crippen molar-refractivity contribution in [3.63, 3.8) is 0 Å². The fourth-order valence-electron chi connectivity index (χ4n) is 2.37. The molecule has 3 N–H and O–H groups in total. The monoisotopic (exact) mass is 288 g/mol. The summed E-state index contributed by atoms with van der Waals surface area (Å²) in [6.07, 6.45) is 3.09. The van der Waals surface area contributed by atoms with Crippen molar-refractivity contribution in [3.8, 4) is 0 Å². The fraction of sp³-hybridized carbons (Fsp3) is 0.538. The molecule has 0 spiro atoms. The van der Waals surface area contributed by atoms with E-state index in [1.165, 1.54) is 0 Å². The van der Waals surface area contributed by atoms with Crippen LogP contribution in [0.25, 0.3) is 0 Å². The van der Waals surface area contributed by atoms with Crippen molar-refractivity contribution in [1.82, 2.24) is 5.43 Å². The third-order valence-corrected chi connectivity index (χ3v) is 4.16. The molecule has 0 aliphatic carbocycles. The highest BCUT2D eigenvalue weighted by Crippen LogP contribution is 2.25. The molecular weight excluding hydrogens is 271 g/mol. The molecule has 1 fully saturated rings. The van der Waals surface area contributed by atoms with E-state index in [9.17, 15) is 0 Å². The predicted octanol–water partition coefficient (Wildman–Crippen LogP) is 2.79. The first-order valence-corrected chi connectivity index (χ1v) is 6.94. The van der Waals surface area contributed by atoms with E-state index in [1.54, 1.807) is 0 Å². The highest BCUT2D eigenvalue weighted by Gasteiger charge is 2.23. The second-order valence-electron chi connectivity index (χ2n) is 4.70. The maximum Gasteiger partial charge on any atom is 0.0595 e. The van der Waals surface area contributed by atoms with Crippen molar-refractivity contribution in [3.05, 3.63) is 33.8 Å². The summed E-state index contributed by atoms with van der Waals surface area (Å²) in [5, 5.41) is 1.17. The number of benzene rings is 1. The average molecular weight is 289 g/mol. The van der Waals surface area contributed by atoms with E-state index >= 15 is 0 Å². The molecule has 1 heterocycles. The van der Waals surface area contributed by atoms with Gasteiger partial charge in [0.2, 0.25) is 0 Å². The summed E-state index contributed by atoms with van der Waals surface area (Å²) < 4.78 is 5.50. The number of halogens is 2. The van der Waals surface area contributed by atoms with Gasteiger partial charge in [-0.1, -0.05) is 29.3 Å². The van der Waals surface area contributed by atoms with Gasteiger partial charge in [0.25, 0.3) is 0 Å². The Labute approximate surface area is 118 Å². The van der Waals surface area contributed by atoms with Crippen LogP contribution >= 0.6 is 23.2 Å². The molecule has 1 saturated heterocycles. The predicted molar refractivity (Wildman–Crippen MR) is 74.8 cm³/mol. The molecule has 0 bridgehead atoms. The zero-order valence-electron chi connectivity index (χ0n) is 10.2. The van der Waals surface area contributed by atoms with E-state index in [1.807, 2.05) is 18.2 Å². The maximum atomic E-state index is 6.02. The summed E-state index contributed by atoms with van der Waals surface area (Å²) in [6.45, 7) is 1.64. The average Bonchev–Trinajstić information content (AvgIpc) is 2.41. The lowest BCUT2D eigenvalue weighted by molar-refractivity contribution is 0.0393. The van der Waals surface area contributed by atoms with E-state index in [4.69, 9.17) is 33.8 Å². The molecule has 100 valence electrons. The van der Waals surface area contributed by atoms with Gasteiger partial charge in [-0.25, -0.2) is 0 Å². The Morgan fingerprint density at radius 3 is 2.83 bits per heavy atom. The third-order valence-electron chi connectivity index (χ3n) is 3.42. The van der Waals surface area contributed by atoms with Crippen LogP contribution in [0.4, 0.5) is 0 Å². The maximum absolute atomic E-state index is 6.02. The van der Waals surface area contributed by atoms with Crippen molar-refractivity contribution in [2.24, 2.45) is 11.8 Å². The van der Waals surface area contributed by atoms with Crippen LogP contribution in [0, 0.1) is 5.92 Å². The smallest absolute Gasteiger partial charge is 0.0595 e. The highest BCUT2D eigenvalue weighted by molar-refractivity contribution is 6.42. The molecule has 0 amide bonds. The van der Waals surface area contributed by atoms with Gasteiger partial charge in [0, 0.05) is 12.6 Å². The molecular formula is C13H18Cl2N2O. The summed E-state index contributed by atoms with van der Waals surface area (Å²) in [5.41, 5.74) is 4.04. The highest BCUT2D eigenvalue weighted by atomic mass is 35.5. The molecule has 1 aromatic carbocycles. The number of ether oxygens (including phenoxy) is 1. The normalized spacial score (nSPS) is 21.8. The van der Waals surface area contributed by atoms with Gasteiger partial charge in [-0.2, -0.15) is 0 Å².